The number of hydrogen-bond acceptors (Lipinski definition) is 4. The first-order valence-electron chi connectivity index (χ1n) is 7.87. The molecule has 1 saturated heterocycles. The van der Waals surface area contributed by atoms with Gasteiger partial charge >= 0.3 is 5.97 Å². The van der Waals surface area contributed by atoms with E-state index >= 15 is 0 Å². The average molecular weight is 389 g/mol. The number of benzene rings is 1. The summed E-state index contributed by atoms with van der Waals surface area (Å²) in [6.45, 7) is 1.59. The van der Waals surface area contributed by atoms with Gasteiger partial charge in [-0.25, -0.2) is 8.42 Å². The van der Waals surface area contributed by atoms with Crippen LogP contribution in [0.15, 0.2) is 29.2 Å². The molecule has 9 heteroatoms. The molecule has 1 aromatic rings. The summed E-state index contributed by atoms with van der Waals surface area (Å²) in [5, 5.41) is 9.57. The molecule has 1 fully saturated rings. The van der Waals surface area contributed by atoms with Crippen LogP contribution < -0.4 is 0 Å². The van der Waals surface area contributed by atoms with Crippen LogP contribution in [0.5, 0.6) is 0 Å². The summed E-state index contributed by atoms with van der Waals surface area (Å²) in [7, 11) is -2.50. The fourth-order valence-electron chi connectivity index (χ4n) is 2.81. The van der Waals surface area contributed by atoms with E-state index in [-0.39, 0.29) is 24.0 Å². The number of aliphatic carboxylic acids is 1. The number of likely N-dealkylation sites (N-methyl/N-ethyl adjacent to an activating group) is 1. The number of rotatable bonds is 5. The van der Waals surface area contributed by atoms with Gasteiger partial charge in [-0.15, -0.1) is 0 Å². The highest BCUT2D eigenvalue weighted by Crippen LogP contribution is 2.23. The van der Waals surface area contributed by atoms with Gasteiger partial charge in [-0.1, -0.05) is 11.6 Å². The van der Waals surface area contributed by atoms with E-state index in [4.69, 9.17) is 16.7 Å². The average Bonchev–Trinajstić information content (AvgIpc) is 2.55. The second-order valence-corrected chi connectivity index (χ2v) is 8.70. The lowest BCUT2D eigenvalue weighted by Crippen LogP contribution is -2.50. The van der Waals surface area contributed by atoms with Gasteiger partial charge < -0.3 is 10.0 Å². The molecule has 25 heavy (non-hydrogen) atoms. The van der Waals surface area contributed by atoms with E-state index < -0.39 is 27.8 Å². The quantitative estimate of drug-likeness (QED) is 0.827. The molecule has 1 amide bonds. The largest absolute Gasteiger partial charge is 0.481 e. The molecule has 1 aliphatic rings. The Bertz CT molecular complexity index is 750. The van der Waals surface area contributed by atoms with Crippen molar-refractivity contribution in [1.29, 1.82) is 0 Å². The monoisotopic (exact) mass is 388 g/mol. The van der Waals surface area contributed by atoms with Crippen LogP contribution in [0.4, 0.5) is 0 Å². The van der Waals surface area contributed by atoms with Crippen LogP contribution in [0.2, 0.25) is 5.02 Å². The van der Waals surface area contributed by atoms with Crippen molar-refractivity contribution < 1.29 is 23.1 Å². The van der Waals surface area contributed by atoms with Crippen LogP contribution in [0.3, 0.4) is 0 Å². The van der Waals surface area contributed by atoms with Crippen LogP contribution in [-0.4, -0.2) is 60.8 Å². The Morgan fingerprint density at radius 1 is 1.28 bits per heavy atom. The molecule has 1 aliphatic heterocycles. The molecule has 138 valence electrons. The van der Waals surface area contributed by atoms with E-state index in [0.717, 1.165) is 4.31 Å². The molecule has 1 heterocycles. The van der Waals surface area contributed by atoms with E-state index in [1.54, 1.807) is 0 Å². The molecule has 2 atom stereocenters. The highest BCUT2D eigenvalue weighted by molar-refractivity contribution is 7.89. The Hall–Kier alpha value is -1.64. The van der Waals surface area contributed by atoms with E-state index in [2.05, 4.69) is 0 Å². The molecule has 0 saturated carbocycles. The number of nitrogens with zero attached hydrogens (tertiary/aromatic N) is 2. The first-order chi connectivity index (χ1) is 11.6. The lowest BCUT2D eigenvalue weighted by Gasteiger charge is -2.37. The van der Waals surface area contributed by atoms with Crippen molar-refractivity contribution in [3.8, 4) is 0 Å². The van der Waals surface area contributed by atoms with Gasteiger partial charge in [0.05, 0.1) is 17.4 Å². The van der Waals surface area contributed by atoms with Crippen molar-refractivity contribution in [2.45, 2.75) is 30.7 Å². The summed E-state index contributed by atoms with van der Waals surface area (Å²) in [6, 6.07) is 5.57. The molecule has 1 aromatic carbocycles. The maximum absolute atomic E-state index is 12.5. The third-order valence-electron chi connectivity index (χ3n) is 4.43. The number of likely N-dealkylation sites (tertiary alicyclic amines) is 1. The zero-order valence-electron chi connectivity index (χ0n) is 14.1. The Morgan fingerprint density at radius 3 is 2.44 bits per heavy atom. The molecular formula is C16H21ClN2O5S. The topological polar surface area (TPSA) is 95.0 Å². The number of carbonyl (C=O) groups excluding carboxylic acids is 1. The molecule has 0 spiro atoms. The molecule has 1 N–H and O–H groups in total. The fourth-order valence-corrected chi connectivity index (χ4v) is 4.06. The molecule has 0 bridgehead atoms. The number of carbonyl (C=O) groups is 2. The van der Waals surface area contributed by atoms with E-state index in [9.17, 15) is 18.0 Å². The fraction of sp³-hybridized carbons (Fsp3) is 0.500. The number of carboxylic acids is 1. The van der Waals surface area contributed by atoms with Gasteiger partial charge in [0.15, 0.2) is 0 Å². The third kappa shape index (κ3) is 4.50. The molecule has 2 rings (SSSR count). The standard InChI is InChI=1S/C16H21ClN2O5S/c1-11-3-4-12(16(21)22)9-19(11)15(20)10-18(2)25(23,24)14-7-5-13(17)6-8-14/h5-8,11-12H,3-4,9-10H2,1-2H3,(H,21,22). The van der Waals surface area contributed by atoms with Gasteiger partial charge in [0, 0.05) is 24.7 Å². The predicted molar refractivity (Wildman–Crippen MR) is 92.8 cm³/mol. The highest BCUT2D eigenvalue weighted by Gasteiger charge is 2.34. The minimum Gasteiger partial charge on any atom is -0.481 e. The van der Waals surface area contributed by atoms with E-state index in [1.165, 1.54) is 36.2 Å². The maximum atomic E-state index is 12.5. The van der Waals surface area contributed by atoms with Gasteiger partial charge in [-0.2, -0.15) is 4.31 Å². The zero-order valence-corrected chi connectivity index (χ0v) is 15.6. The van der Waals surface area contributed by atoms with Crippen LogP contribution in [0, 0.1) is 5.92 Å². The summed E-state index contributed by atoms with van der Waals surface area (Å²) in [5.41, 5.74) is 0. The van der Waals surface area contributed by atoms with E-state index in [0.29, 0.717) is 17.9 Å². The smallest absolute Gasteiger partial charge is 0.308 e. The van der Waals surface area contributed by atoms with Gasteiger partial charge in [0.25, 0.3) is 0 Å². The minimum atomic E-state index is -3.83. The number of hydrogen-bond donors (Lipinski definition) is 1. The third-order valence-corrected chi connectivity index (χ3v) is 6.50. The number of carboxylic acid groups (broad SMARTS) is 1. The van der Waals surface area contributed by atoms with Crippen molar-refractivity contribution in [1.82, 2.24) is 9.21 Å². The van der Waals surface area contributed by atoms with Crippen LogP contribution >= 0.6 is 11.6 Å². The summed E-state index contributed by atoms with van der Waals surface area (Å²) in [4.78, 5) is 25.2. The molecule has 0 aromatic heterocycles. The SMILES string of the molecule is CC1CCC(C(=O)O)CN1C(=O)CN(C)S(=O)(=O)c1ccc(Cl)cc1. The van der Waals surface area contributed by atoms with Gasteiger partial charge in [0.1, 0.15) is 0 Å². The summed E-state index contributed by atoms with van der Waals surface area (Å²) >= 11 is 5.77. The van der Waals surface area contributed by atoms with Crippen LogP contribution in [-0.2, 0) is 19.6 Å². The van der Waals surface area contributed by atoms with Crippen LogP contribution in [0.25, 0.3) is 0 Å². The second kappa shape index (κ2) is 7.72. The lowest BCUT2D eigenvalue weighted by atomic mass is 9.93. The molecule has 0 radical (unpaired) electrons. The predicted octanol–water partition coefficient (Wildman–Crippen LogP) is 1.67. The summed E-state index contributed by atoms with van der Waals surface area (Å²) in [6.07, 6.45) is 1.09. The number of sulfonamides is 1. The van der Waals surface area contributed by atoms with E-state index in [1.807, 2.05) is 6.92 Å². The molecule has 2 unspecified atom stereocenters. The number of halogens is 1. The van der Waals surface area contributed by atoms with Crippen LogP contribution in [0.1, 0.15) is 19.8 Å². The van der Waals surface area contributed by atoms with Crippen molar-refractivity contribution in [3.05, 3.63) is 29.3 Å². The summed E-state index contributed by atoms with van der Waals surface area (Å²) in [5.74, 6) is -1.95. The second-order valence-electron chi connectivity index (χ2n) is 6.22. The highest BCUT2D eigenvalue weighted by atomic mass is 35.5. The lowest BCUT2D eigenvalue weighted by molar-refractivity contribution is -0.147. The van der Waals surface area contributed by atoms with Crippen molar-refractivity contribution in [2.24, 2.45) is 5.92 Å². The number of amides is 1. The molecule has 0 aliphatic carbocycles. The Balaban J connectivity index is 2.10. The normalized spacial score (nSPS) is 21.4. The first-order valence-corrected chi connectivity index (χ1v) is 9.69. The van der Waals surface area contributed by atoms with Crippen molar-refractivity contribution in [2.75, 3.05) is 20.1 Å². The zero-order chi connectivity index (χ0) is 18.8. The molecular weight excluding hydrogens is 368 g/mol. The minimum absolute atomic E-state index is 0.0438. The molecule has 7 nitrogen and oxygen atoms in total. The van der Waals surface area contributed by atoms with Gasteiger partial charge in [0.2, 0.25) is 15.9 Å². The Kier molecular flexibility index (Phi) is 6.08. The van der Waals surface area contributed by atoms with Gasteiger partial charge in [-0.3, -0.25) is 9.59 Å². The Morgan fingerprint density at radius 2 is 1.88 bits per heavy atom. The van der Waals surface area contributed by atoms with Crippen molar-refractivity contribution in [3.63, 3.8) is 0 Å². The number of piperidine rings is 1. The summed E-state index contributed by atoms with van der Waals surface area (Å²) < 4.78 is 26.0. The van der Waals surface area contributed by atoms with Gasteiger partial charge in [-0.05, 0) is 44.0 Å². The van der Waals surface area contributed by atoms with Crippen molar-refractivity contribution >= 4 is 33.5 Å². The first kappa shape index (κ1) is 19.7. The maximum Gasteiger partial charge on any atom is 0.308 e. The Labute approximate surface area is 152 Å².